The maximum Gasteiger partial charge on any atom is 0.257 e. The van der Waals surface area contributed by atoms with E-state index in [0.29, 0.717) is 16.6 Å². The quantitative estimate of drug-likeness (QED) is 0.863. The van der Waals surface area contributed by atoms with Gasteiger partial charge in [0.25, 0.3) is 5.89 Å². The van der Waals surface area contributed by atoms with Crippen LogP contribution in [0.2, 0.25) is 5.02 Å². The fourth-order valence-corrected chi connectivity index (χ4v) is 2.25. The summed E-state index contributed by atoms with van der Waals surface area (Å²) < 4.78 is 5.25. The van der Waals surface area contributed by atoms with Crippen LogP contribution in [-0.4, -0.2) is 10.1 Å². The van der Waals surface area contributed by atoms with Gasteiger partial charge in [-0.3, -0.25) is 0 Å². The van der Waals surface area contributed by atoms with Crippen molar-refractivity contribution in [3.63, 3.8) is 0 Å². The summed E-state index contributed by atoms with van der Waals surface area (Å²) in [5.41, 5.74) is 7.02. The summed E-state index contributed by atoms with van der Waals surface area (Å²) in [6.45, 7) is 0. The summed E-state index contributed by atoms with van der Waals surface area (Å²) >= 11 is 5.97. The highest BCUT2D eigenvalue weighted by molar-refractivity contribution is 6.33. The Hall–Kier alpha value is -1.55. The minimum absolute atomic E-state index is 0.506. The number of rotatable bonds is 3. The van der Waals surface area contributed by atoms with E-state index in [1.54, 1.807) is 12.1 Å². The van der Waals surface area contributed by atoms with Crippen molar-refractivity contribution in [3.8, 4) is 11.5 Å². The van der Waals surface area contributed by atoms with Crippen molar-refractivity contribution in [2.75, 3.05) is 5.73 Å². The lowest BCUT2D eigenvalue weighted by Crippen LogP contribution is -2.14. The summed E-state index contributed by atoms with van der Waals surface area (Å²) in [4.78, 5) is 4.40. The zero-order valence-electron chi connectivity index (χ0n) is 9.90. The second-order valence-electron chi connectivity index (χ2n) is 4.75. The number of aromatic nitrogens is 2. The second-order valence-corrected chi connectivity index (χ2v) is 5.16. The number of benzene rings is 1. The van der Waals surface area contributed by atoms with Gasteiger partial charge in [-0.15, -0.1) is 0 Å². The summed E-state index contributed by atoms with van der Waals surface area (Å²) in [6.07, 6.45) is 4.78. The first kappa shape index (κ1) is 11.5. The molecule has 0 aliphatic heterocycles. The summed E-state index contributed by atoms with van der Waals surface area (Å²) in [7, 11) is 0. The first-order valence-electron chi connectivity index (χ1n) is 6.10. The first-order valence-corrected chi connectivity index (χ1v) is 6.48. The van der Waals surface area contributed by atoms with E-state index < -0.39 is 0 Å². The van der Waals surface area contributed by atoms with E-state index in [9.17, 15) is 0 Å². The third kappa shape index (κ3) is 2.20. The lowest BCUT2D eigenvalue weighted by atomic mass is 9.83. The molecule has 0 amide bonds. The number of hydrogen-bond acceptors (Lipinski definition) is 4. The largest absolute Gasteiger partial charge is 0.398 e. The molecule has 94 valence electrons. The molecule has 0 bridgehead atoms. The second kappa shape index (κ2) is 4.61. The fourth-order valence-electron chi connectivity index (χ4n) is 2.07. The van der Waals surface area contributed by atoms with Crippen LogP contribution in [0, 0.1) is 5.92 Å². The van der Waals surface area contributed by atoms with Crippen LogP contribution in [0.25, 0.3) is 11.5 Å². The van der Waals surface area contributed by atoms with E-state index in [2.05, 4.69) is 10.1 Å². The topological polar surface area (TPSA) is 64.9 Å². The fraction of sp³-hybridized carbons (Fsp3) is 0.385. The monoisotopic (exact) mass is 263 g/mol. The Kier molecular flexibility index (Phi) is 2.96. The van der Waals surface area contributed by atoms with Crippen LogP contribution in [0.3, 0.4) is 0 Å². The Bertz CT molecular complexity index is 563. The Morgan fingerprint density at radius 3 is 2.89 bits per heavy atom. The molecular formula is C13H14ClN3O. The van der Waals surface area contributed by atoms with Gasteiger partial charge in [-0.05, 0) is 24.1 Å². The highest BCUT2D eigenvalue weighted by atomic mass is 35.5. The third-order valence-electron chi connectivity index (χ3n) is 3.41. The molecule has 18 heavy (non-hydrogen) atoms. The van der Waals surface area contributed by atoms with Crippen LogP contribution in [0.15, 0.2) is 22.7 Å². The summed E-state index contributed by atoms with van der Waals surface area (Å²) in [5, 5.41) is 4.51. The smallest absolute Gasteiger partial charge is 0.257 e. The van der Waals surface area contributed by atoms with Gasteiger partial charge in [-0.25, -0.2) is 0 Å². The van der Waals surface area contributed by atoms with Crippen LogP contribution in [0.4, 0.5) is 5.69 Å². The lowest BCUT2D eigenvalue weighted by Gasteiger charge is -2.23. The highest BCUT2D eigenvalue weighted by Gasteiger charge is 2.20. The average Bonchev–Trinajstić information content (AvgIpc) is 2.76. The van der Waals surface area contributed by atoms with E-state index in [1.807, 2.05) is 6.07 Å². The number of nitrogen functional groups attached to an aromatic ring is 1. The number of nitrogens with two attached hydrogens (primary N) is 1. The van der Waals surface area contributed by atoms with Gasteiger partial charge < -0.3 is 10.3 Å². The molecule has 2 N–H and O–H groups in total. The predicted octanol–water partition coefficient (Wildman–Crippen LogP) is 3.31. The molecule has 0 unspecified atom stereocenters. The van der Waals surface area contributed by atoms with Gasteiger partial charge >= 0.3 is 0 Å². The molecule has 2 aromatic rings. The van der Waals surface area contributed by atoms with Gasteiger partial charge in [-0.2, -0.15) is 4.98 Å². The lowest BCUT2D eigenvalue weighted by molar-refractivity contribution is 0.304. The normalized spacial score (nSPS) is 15.6. The van der Waals surface area contributed by atoms with Gasteiger partial charge in [-0.1, -0.05) is 36.0 Å². The van der Waals surface area contributed by atoms with Crippen LogP contribution < -0.4 is 5.73 Å². The molecular weight excluding hydrogens is 250 g/mol. The molecule has 5 heteroatoms. The van der Waals surface area contributed by atoms with Crippen molar-refractivity contribution in [3.05, 3.63) is 29.0 Å². The Labute approximate surface area is 110 Å². The van der Waals surface area contributed by atoms with Crippen molar-refractivity contribution in [2.24, 2.45) is 5.92 Å². The number of anilines is 1. The van der Waals surface area contributed by atoms with Crippen molar-refractivity contribution in [1.29, 1.82) is 0 Å². The van der Waals surface area contributed by atoms with Gasteiger partial charge in [0.05, 0.1) is 10.7 Å². The van der Waals surface area contributed by atoms with Gasteiger partial charge in [0.15, 0.2) is 5.82 Å². The molecule has 1 heterocycles. The average molecular weight is 264 g/mol. The van der Waals surface area contributed by atoms with Crippen LogP contribution in [0.1, 0.15) is 25.1 Å². The Morgan fingerprint density at radius 2 is 2.22 bits per heavy atom. The van der Waals surface area contributed by atoms with Crippen LogP contribution >= 0.6 is 11.6 Å². The van der Waals surface area contributed by atoms with Crippen molar-refractivity contribution in [2.45, 2.75) is 25.7 Å². The minimum Gasteiger partial charge on any atom is -0.398 e. The Balaban J connectivity index is 1.80. The summed E-state index contributed by atoms with van der Waals surface area (Å²) in [6, 6.07) is 5.33. The van der Waals surface area contributed by atoms with E-state index >= 15 is 0 Å². The molecule has 4 nitrogen and oxygen atoms in total. The van der Waals surface area contributed by atoms with Crippen LogP contribution in [-0.2, 0) is 6.42 Å². The van der Waals surface area contributed by atoms with Crippen molar-refractivity contribution < 1.29 is 4.52 Å². The molecule has 3 rings (SSSR count). The molecule has 0 atom stereocenters. The standard InChI is InChI=1S/C13H14ClN3O/c14-10-7-9(4-5-11(10)15)13-16-12(17-18-13)6-8-2-1-3-8/h4-5,7-8H,1-3,6,15H2. The first-order chi connectivity index (χ1) is 8.72. The zero-order chi connectivity index (χ0) is 12.5. The van der Waals surface area contributed by atoms with E-state index in [0.717, 1.165) is 23.7 Å². The molecule has 1 saturated carbocycles. The van der Waals surface area contributed by atoms with E-state index in [4.69, 9.17) is 21.9 Å². The molecule has 1 aliphatic rings. The van der Waals surface area contributed by atoms with E-state index in [-0.39, 0.29) is 0 Å². The molecule has 1 aliphatic carbocycles. The van der Waals surface area contributed by atoms with Gasteiger partial charge in [0.1, 0.15) is 0 Å². The number of nitrogens with zero attached hydrogens (tertiary/aromatic N) is 2. The zero-order valence-corrected chi connectivity index (χ0v) is 10.7. The minimum atomic E-state index is 0.506. The maximum atomic E-state index is 5.97. The molecule has 1 aromatic carbocycles. The van der Waals surface area contributed by atoms with E-state index in [1.165, 1.54) is 19.3 Å². The molecule has 0 radical (unpaired) electrons. The van der Waals surface area contributed by atoms with Gasteiger partial charge in [0.2, 0.25) is 0 Å². The molecule has 1 fully saturated rings. The third-order valence-corrected chi connectivity index (χ3v) is 3.74. The maximum absolute atomic E-state index is 5.97. The number of halogens is 1. The summed E-state index contributed by atoms with van der Waals surface area (Å²) in [5.74, 6) is 2.01. The van der Waals surface area contributed by atoms with Gasteiger partial charge in [0, 0.05) is 12.0 Å². The SMILES string of the molecule is Nc1ccc(-c2nc(CC3CCC3)no2)cc1Cl. The molecule has 0 saturated heterocycles. The van der Waals surface area contributed by atoms with Crippen molar-refractivity contribution >= 4 is 17.3 Å². The number of hydrogen-bond donors (Lipinski definition) is 1. The molecule has 1 aromatic heterocycles. The van der Waals surface area contributed by atoms with Crippen LogP contribution in [0.5, 0.6) is 0 Å². The predicted molar refractivity (Wildman–Crippen MR) is 70.2 cm³/mol. The molecule has 0 spiro atoms. The highest BCUT2D eigenvalue weighted by Crippen LogP contribution is 2.30. The van der Waals surface area contributed by atoms with Crippen molar-refractivity contribution in [1.82, 2.24) is 10.1 Å². The Morgan fingerprint density at radius 1 is 1.39 bits per heavy atom.